The normalized spacial score (nSPS) is 9.50. The first-order valence-electron chi connectivity index (χ1n) is 5.70. The highest BCUT2D eigenvalue weighted by molar-refractivity contribution is 5.99. The summed E-state index contributed by atoms with van der Waals surface area (Å²) in [5.41, 5.74) is 8.43. The second kappa shape index (κ2) is 8.58. The molecule has 0 unspecified atom stereocenters. The van der Waals surface area contributed by atoms with Crippen molar-refractivity contribution in [3.8, 4) is 0 Å². The maximum atomic E-state index is 11.4. The number of carbonyl (C=O) groups is 2. The van der Waals surface area contributed by atoms with Gasteiger partial charge in [0.05, 0.1) is 12.7 Å². The third-order valence-electron chi connectivity index (χ3n) is 2.25. The molecule has 0 bridgehead atoms. The molecule has 1 aromatic carbocycles. The van der Waals surface area contributed by atoms with Crippen molar-refractivity contribution in [2.45, 2.75) is 26.6 Å². The lowest BCUT2D eigenvalue weighted by Gasteiger charge is -2.10. The van der Waals surface area contributed by atoms with Crippen molar-refractivity contribution in [3.63, 3.8) is 0 Å². The summed E-state index contributed by atoms with van der Waals surface area (Å²) in [5, 5.41) is 12.0. The van der Waals surface area contributed by atoms with Crippen LogP contribution in [-0.2, 0) is 11.3 Å². The van der Waals surface area contributed by atoms with Crippen molar-refractivity contribution in [1.29, 1.82) is 10.8 Å². The van der Waals surface area contributed by atoms with Crippen LogP contribution < -0.4 is 17.0 Å². The van der Waals surface area contributed by atoms with Gasteiger partial charge in [0.2, 0.25) is 5.91 Å². The molecular weight excluding hydrogens is 262 g/mol. The molecule has 8 nitrogen and oxygen atoms in total. The Kier molecular flexibility index (Phi) is 7.50. The molecule has 0 spiro atoms. The van der Waals surface area contributed by atoms with Gasteiger partial charge in [0.15, 0.2) is 0 Å². The van der Waals surface area contributed by atoms with Crippen LogP contribution in [0.5, 0.6) is 0 Å². The average molecular weight is 279 g/mol. The van der Waals surface area contributed by atoms with E-state index in [-0.39, 0.29) is 17.2 Å². The zero-order chi connectivity index (χ0) is 15.7. The molecule has 0 saturated carbocycles. The number of carbonyl (C=O) groups excluding carboxylic acids is 2. The fraction of sp³-hybridized carbons (Fsp3) is 0.333. The van der Waals surface area contributed by atoms with Gasteiger partial charge in [-0.15, -0.1) is 0 Å². The standard InChI is InChI=1S/C12H17N3O3.N2/c1-7(2)18-6-8-3-9(11(13)16)5-10(4-8)12(17)15-14;1-2/h3-5,7H,6,14H2,1-2H3,(H2,13,16)(H,15,17);. The zero-order valence-corrected chi connectivity index (χ0v) is 11.3. The number of hydrogen-bond acceptors (Lipinski definition) is 6. The second-order valence-corrected chi connectivity index (χ2v) is 4.12. The Morgan fingerprint density at radius 1 is 1.25 bits per heavy atom. The first kappa shape index (κ1) is 17.5. The predicted octanol–water partition coefficient (Wildman–Crippen LogP) is 0.344. The minimum Gasteiger partial charge on any atom is -0.374 e. The first-order chi connectivity index (χ1) is 9.43. The van der Waals surface area contributed by atoms with Gasteiger partial charge < -0.3 is 10.5 Å². The molecule has 0 aliphatic rings. The maximum Gasteiger partial charge on any atom is 0.265 e. The minimum atomic E-state index is -0.604. The Morgan fingerprint density at radius 2 is 1.80 bits per heavy atom. The van der Waals surface area contributed by atoms with Crippen LogP contribution in [-0.4, -0.2) is 17.9 Å². The van der Waals surface area contributed by atoms with Gasteiger partial charge in [-0.1, -0.05) is 0 Å². The van der Waals surface area contributed by atoms with Gasteiger partial charge in [-0.05, 0) is 37.6 Å². The summed E-state index contributed by atoms with van der Waals surface area (Å²) in [4.78, 5) is 22.6. The Labute approximate surface area is 116 Å². The van der Waals surface area contributed by atoms with Crippen LogP contribution in [0, 0.1) is 10.8 Å². The van der Waals surface area contributed by atoms with Gasteiger partial charge in [0.1, 0.15) is 0 Å². The molecule has 0 aromatic heterocycles. The van der Waals surface area contributed by atoms with Crippen molar-refractivity contribution in [2.24, 2.45) is 11.6 Å². The number of amides is 2. The van der Waals surface area contributed by atoms with E-state index in [0.717, 1.165) is 0 Å². The molecule has 108 valence electrons. The van der Waals surface area contributed by atoms with Gasteiger partial charge in [-0.2, -0.15) is 0 Å². The van der Waals surface area contributed by atoms with Crippen LogP contribution in [0.15, 0.2) is 18.2 Å². The number of nitrogens with one attached hydrogen (secondary N) is 1. The fourth-order valence-electron chi connectivity index (χ4n) is 1.39. The number of nitrogens with two attached hydrogens (primary N) is 2. The van der Waals surface area contributed by atoms with Crippen molar-refractivity contribution >= 4 is 11.8 Å². The summed E-state index contributed by atoms with van der Waals surface area (Å²) >= 11 is 0. The molecule has 1 rings (SSSR count). The summed E-state index contributed by atoms with van der Waals surface area (Å²) in [6.07, 6.45) is 0.0500. The van der Waals surface area contributed by atoms with E-state index >= 15 is 0 Å². The summed E-state index contributed by atoms with van der Waals surface area (Å²) < 4.78 is 5.42. The number of hydrazine groups is 1. The maximum absolute atomic E-state index is 11.4. The molecule has 0 saturated heterocycles. The van der Waals surface area contributed by atoms with Gasteiger partial charge in [-0.3, -0.25) is 15.0 Å². The highest BCUT2D eigenvalue weighted by atomic mass is 16.5. The zero-order valence-electron chi connectivity index (χ0n) is 11.3. The molecule has 0 aliphatic carbocycles. The minimum absolute atomic E-state index is 0.0500. The highest BCUT2D eigenvalue weighted by Gasteiger charge is 2.10. The number of primary amides is 1. The lowest BCUT2D eigenvalue weighted by atomic mass is 10.1. The summed E-state index contributed by atoms with van der Waals surface area (Å²) in [5.74, 6) is 3.97. The summed E-state index contributed by atoms with van der Waals surface area (Å²) in [6.45, 7) is 4.08. The van der Waals surface area contributed by atoms with Gasteiger partial charge >= 0.3 is 0 Å². The van der Waals surface area contributed by atoms with E-state index in [2.05, 4.69) is 0 Å². The predicted molar refractivity (Wildman–Crippen MR) is 70.0 cm³/mol. The van der Waals surface area contributed by atoms with E-state index in [0.29, 0.717) is 12.2 Å². The number of rotatable bonds is 5. The summed E-state index contributed by atoms with van der Waals surface area (Å²) in [6, 6.07) is 4.60. The molecule has 1 aromatic rings. The number of benzene rings is 1. The molecule has 8 heteroatoms. The van der Waals surface area contributed by atoms with E-state index in [9.17, 15) is 9.59 Å². The largest absolute Gasteiger partial charge is 0.374 e. The van der Waals surface area contributed by atoms with Gasteiger partial charge in [0.25, 0.3) is 5.91 Å². The van der Waals surface area contributed by atoms with Gasteiger partial charge in [0, 0.05) is 21.9 Å². The van der Waals surface area contributed by atoms with E-state index in [1.807, 2.05) is 19.3 Å². The van der Waals surface area contributed by atoms with E-state index < -0.39 is 11.8 Å². The van der Waals surface area contributed by atoms with Crippen molar-refractivity contribution < 1.29 is 14.3 Å². The molecule has 0 fully saturated rings. The van der Waals surface area contributed by atoms with Crippen molar-refractivity contribution in [1.82, 2.24) is 5.43 Å². The topological polar surface area (TPSA) is 155 Å². The third-order valence-corrected chi connectivity index (χ3v) is 2.25. The smallest absolute Gasteiger partial charge is 0.265 e. The van der Waals surface area contributed by atoms with Crippen LogP contribution in [0.4, 0.5) is 0 Å². The van der Waals surface area contributed by atoms with Crippen molar-refractivity contribution in [2.75, 3.05) is 0 Å². The second-order valence-electron chi connectivity index (χ2n) is 4.12. The van der Waals surface area contributed by atoms with Crippen LogP contribution in [0.1, 0.15) is 40.1 Å². The van der Waals surface area contributed by atoms with Crippen LogP contribution in [0.25, 0.3) is 0 Å². The summed E-state index contributed by atoms with van der Waals surface area (Å²) in [7, 11) is 0. The number of hydrogen-bond donors (Lipinski definition) is 3. The molecule has 0 atom stereocenters. The van der Waals surface area contributed by atoms with E-state index in [4.69, 9.17) is 27.1 Å². The molecule has 0 heterocycles. The first-order valence-corrected chi connectivity index (χ1v) is 5.70. The Bertz CT molecular complexity index is 499. The van der Waals surface area contributed by atoms with E-state index in [1.165, 1.54) is 6.07 Å². The van der Waals surface area contributed by atoms with E-state index in [1.54, 1.807) is 12.1 Å². The third kappa shape index (κ3) is 5.43. The molecule has 2 amide bonds. The van der Waals surface area contributed by atoms with Crippen LogP contribution >= 0.6 is 0 Å². The van der Waals surface area contributed by atoms with Crippen LogP contribution in [0.3, 0.4) is 0 Å². The fourth-order valence-corrected chi connectivity index (χ4v) is 1.39. The van der Waals surface area contributed by atoms with Crippen LogP contribution in [0.2, 0.25) is 0 Å². The Hall–Kier alpha value is -2.50. The molecular formula is C12H17N5O3. The average Bonchev–Trinajstić information content (AvgIpc) is 2.45. The number of nitrogens with zero attached hydrogens (tertiary/aromatic N) is 2. The molecule has 0 radical (unpaired) electrons. The number of nitrogen functional groups attached to an aromatic ring is 1. The molecule has 20 heavy (non-hydrogen) atoms. The molecule has 5 N–H and O–H groups in total. The SMILES string of the molecule is CC(C)OCc1cc(C(N)=O)cc(C(=O)NN)c1.N#N. The Balaban J connectivity index is 0.00000172. The monoisotopic (exact) mass is 279 g/mol. The van der Waals surface area contributed by atoms with Gasteiger partial charge in [-0.25, -0.2) is 5.84 Å². The number of ether oxygens (including phenoxy) is 1. The Morgan fingerprint density at radius 3 is 2.25 bits per heavy atom. The lowest BCUT2D eigenvalue weighted by Crippen LogP contribution is -2.30. The lowest BCUT2D eigenvalue weighted by molar-refractivity contribution is 0.0656. The molecule has 0 aliphatic heterocycles. The quantitative estimate of drug-likeness (QED) is 0.305. The highest BCUT2D eigenvalue weighted by Crippen LogP contribution is 2.12. The van der Waals surface area contributed by atoms with Crippen molar-refractivity contribution in [3.05, 3.63) is 34.9 Å².